The van der Waals surface area contributed by atoms with Crippen molar-refractivity contribution in [1.29, 1.82) is 0 Å². The monoisotopic (exact) mass is 201 g/mol. The molecule has 2 atom stereocenters. The molecule has 1 aliphatic carbocycles. The Labute approximate surface area is 87.1 Å². The summed E-state index contributed by atoms with van der Waals surface area (Å²) in [6.45, 7) is 7.69. The zero-order valence-corrected chi connectivity index (χ0v) is 9.41. The van der Waals surface area contributed by atoms with Crippen LogP contribution in [-0.4, -0.2) is 48.5 Å². The Morgan fingerprint density at radius 1 is 1.36 bits per heavy atom. The molecule has 1 saturated carbocycles. The van der Waals surface area contributed by atoms with Crippen LogP contribution in [0.1, 0.15) is 33.1 Å². The largest absolute Gasteiger partial charge is 0.391 e. The van der Waals surface area contributed by atoms with Crippen molar-refractivity contribution in [2.24, 2.45) is 0 Å². The highest BCUT2D eigenvalue weighted by Gasteiger charge is 2.29. The number of rotatable bonds is 6. The normalized spacial score (nSPS) is 27.4. The SMILES string of the molecule is CCOCCN(CC)[C@H]1CCC[C@@H]1O. The molecule has 0 aromatic carbocycles. The first-order valence-electron chi connectivity index (χ1n) is 5.79. The van der Waals surface area contributed by atoms with Gasteiger partial charge in [0.25, 0.3) is 0 Å². The molecule has 3 heteroatoms. The minimum atomic E-state index is -0.114. The molecule has 1 fully saturated rings. The molecule has 0 amide bonds. The summed E-state index contributed by atoms with van der Waals surface area (Å²) >= 11 is 0. The Bertz CT molecular complexity index is 152. The van der Waals surface area contributed by atoms with Crippen LogP contribution < -0.4 is 0 Å². The summed E-state index contributed by atoms with van der Waals surface area (Å²) in [5, 5.41) is 9.76. The average molecular weight is 201 g/mol. The Kier molecular flexibility index (Phi) is 5.45. The van der Waals surface area contributed by atoms with Crippen LogP contribution in [0.25, 0.3) is 0 Å². The highest BCUT2D eigenvalue weighted by molar-refractivity contribution is 4.84. The van der Waals surface area contributed by atoms with Crippen LogP contribution in [0.3, 0.4) is 0 Å². The van der Waals surface area contributed by atoms with Crippen LogP contribution in [0.15, 0.2) is 0 Å². The molecule has 1 aliphatic rings. The highest BCUT2D eigenvalue weighted by atomic mass is 16.5. The Balaban J connectivity index is 2.29. The third-order valence-corrected chi connectivity index (χ3v) is 3.05. The topological polar surface area (TPSA) is 32.7 Å². The Morgan fingerprint density at radius 3 is 2.64 bits per heavy atom. The second-order valence-electron chi connectivity index (χ2n) is 3.89. The molecule has 14 heavy (non-hydrogen) atoms. The number of nitrogens with zero attached hydrogens (tertiary/aromatic N) is 1. The van der Waals surface area contributed by atoms with E-state index in [9.17, 15) is 5.11 Å². The van der Waals surface area contributed by atoms with Gasteiger partial charge in [0, 0.05) is 19.2 Å². The Hall–Kier alpha value is -0.120. The molecule has 0 aromatic heterocycles. The molecular formula is C11H23NO2. The third kappa shape index (κ3) is 3.23. The minimum Gasteiger partial charge on any atom is -0.391 e. The van der Waals surface area contributed by atoms with E-state index in [0.717, 1.165) is 45.6 Å². The molecule has 0 aromatic rings. The van der Waals surface area contributed by atoms with Crippen LogP contribution in [0, 0.1) is 0 Å². The van der Waals surface area contributed by atoms with E-state index >= 15 is 0 Å². The van der Waals surface area contributed by atoms with Gasteiger partial charge >= 0.3 is 0 Å². The zero-order valence-electron chi connectivity index (χ0n) is 9.41. The number of aliphatic hydroxyl groups is 1. The lowest BCUT2D eigenvalue weighted by atomic mass is 10.2. The second kappa shape index (κ2) is 6.38. The van der Waals surface area contributed by atoms with E-state index in [1.807, 2.05) is 6.92 Å². The fourth-order valence-electron chi connectivity index (χ4n) is 2.23. The number of aliphatic hydroxyl groups excluding tert-OH is 1. The molecule has 0 saturated heterocycles. The van der Waals surface area contributed by atoms with Crippen molar-refractivity contribution in [2.75, 3.05) is 26.3 Å². The fourth-order valence-corrected chi connectivity index (χ4v) is 2.23. The maximum atomic E-state index is 9.76. The van der Waals surface area contributed by atoms with Gasteiger partial charge in [-0.1, -0.05) is 6.92 Å². The van der Waals surface area contributed by atoms with Crippen LogP contribution in [0.5, 0.6) is 0 Å². The molecule has 0 unspecified atom stereocenters. The second-order valence-corrected chi connectivity index (χ2v) is 3.89. The Morgan fingerprint density at radius 2 is 2.14 bits per heavy atom. The first kappa shape index (κ1) is 12.0. The van der Waals surface area contributed by atoms with Crippen molar-refractivity contribution in [1.82, 2.24) is 4.90 Å². The van der Waals surface area contributed by atoms with Gasteiger partial charge in [-0.2, -0.15) is 0 Å². The molecule has 3 nitrogen and oxygen atoms in total. The van der Waals surface area contributed by atoms with E-state index < -0.39 is 0 Å². The van der Waals surface area contributed by atoms with E-state index in [-0.39, 0.29) is 6.10 Å². The molecule has 0 heterocycles. The van der Waals surface area contributed by atoms with Gasteiger partial charge in [0.1, 0.15) is 0 Å². The van der Waals surface area contributed by atoms with Crippen molar-refractivity contribution in [3.8, 4) is 0 Å². The van der Waals surface area contributed by atoms with Gasteiger partial charge < -0.3 is 9.84 Å². The van der Waals surface area contributed by atoms with Crippen LogP contribution in [0.4, 0.5) is 0 Å². The number of likely N-dealkylation sites (N-methyl/N-ethyl adjacent to an activating group) is 1. The third-order valence-electron chi connectivity index (χ3n) is 3.05. The summed E-state index contributed by atoms with van der Waals surface area (Å²) in [4.78, 5) is 2.34. The lowest BCUT2D eigenvalue weighted by Gasteiger charge is -2.29. The quantitative estimate of drug-likeness (QED) is 0.657. The van der Waals surface area contributed by atoms with Gasteiger partial charge in [0.05, 0.1) is 12.7 Å². The molecule has 0 bridgehead atoms. The zero-order chi connectivity index (χ0) is 10.4. The van der Waals surface area contributed by atoms with Crippen molar-refractivity contribution in [3.05, 3.63) is 0 Å². The van der Waals surface area contributed by atoms with Gasteiger partial charge in [0.2, 0.25) is 0 Å². The fraction of sp³-hybridized carbons (Fsp3) is 1.00. The maximum absolute atomic E-state index is 9.76. The lowest BCUT2D eigenvalue weighted by molar-refractivity contribution is 0.0474. The van der Waals surface area contributed by atoms with E-state index in [0.29, 0.717) is 6.04 Å². The van der Waals surface area contributed by atoms with Crippen LogP contribution >= 0.6 is 0 Å². The van der Waals surface area contributed by atoms with E-state index in [4.69, 9.17) is 4.74 Å². The van der Waals surface area contributed by atoms with Crippen molar-refractivity contribution >= 4 is 0 Å². The van der Waals surface area contributed by atoms with Gasteiger partial charge in [-0.3, -0.25) is 4.90 Å². The molecule has 0 aliphatic heterocycles. The van der Waals surface area contributed by atoms with Crippen molar-refractivity contribution in [3.63, 3.8) is 0 Å². The molecule has 1 rings (SSSR count). The smallest absolute Gasteiger partial charge is 0.0695 e. The number of hydrogen-bond donors (Lipinski definition) is 1. The maximum Gasteiger partial charge on any atom is 0.0695 e. The summed E-state index contributed by atoms with van der Waals surface area (Å²) in [7, 11) is 0. The summed E-state index contributed by atoms with van der Waals surface area (Å²) < 4.78 is 5.34. The van der Waals surface area contributed by atoms with Crippen LogP contribution in [-0.2, 0) is 4.74 Å². The average Bonchev–Trinajstić information content (AvgIpc) is 2.60. The predicted octanol–water partition coefficient (Wildman–Crippen LogP) is 1.26. The minimum absolute atomic E-state index is 0.114. The van der Waals surface area contributed by atoms with Gasteiger partial charge in [-0.25, -0.2) is 0 Å². The summed E-state index contributed by atoms with van der Waals surface area (Å²) in [5.41, 5.74) is 0. The molecular weight excluding hydrogens is 178 g/mol. The number of ether oxygens (including phenoxy) is 1. The van der Waals surface area contributed by atoms with Crippen LogP contribution in [0.2, 0.25) is 0 Å². The molecule has 84 valence electrons. The molecule has 0 spiro atoms. The number of hydrogen-bond acceptors (Lipinski definition) is 3. The standard InChI is InChI=1S/C11H23NO2/c1-3-12(8-9-14-4-2)10-6-5-7-11(10)13/h10-11,13H,3-9H2,1-2H3/t10-,11-/m0/s1. The van der Waals surface area contributed by atoms with E-state index in [1.165, 1.54) is 0 Å². The predicted molar refractivity (Wildman–Crippen MR) is 57.4 cm³/mol. The van der Waals surface area contributed by atoms with Gasteiger partial charge in [-0.05, 0) is 32.7 Å². The molecule has 0 radical (unpaired) electrons. The van der Waals surface area contributed by atoms with Gasteiger partial charge in [-0.15, -0.1) is 0 Å². The molecule has 1 N–H and O–H groups in total. The van der Waals surface area contributed by atoms with Crippen molar-refractivity contribution < 1.29 is 9.84 Å². The highest BCUT2D eigenvalue weighted by Crippen LogP contribution is 2.23. The summed E-state index contributed by atoms with van der Waals surface area (Å²) in [6, 6.07) is 0.375. The van der Waals surface area contributed by atoms with Crippen molar-refractivity contribution in [2.45, 2.75) is 45.3 Å². The summed E-state index contributed by atoms with van der Waals surface area (Å²) in [5.74, 6) is 0. The first-order valence-corrected chi connectivity index (χ1v) is 5.79. The van der Waals surface area contributed by atoms with E-state index in [2.05, 4.69) is 11.8 Å². The lowest BCUT2D eigenvalue weighted by Crippen LogP contribution is -2.42. The van der Waals surface area contributed by atoms with Gasteiger partial charge in [0.15, 0.2) is 0 Å². The first-order chi connectivity index (χ1) is 6.79. The van der Waals surface area contributed by atoms with E-state index in [1.54, 1.807) is 0 Å². The summed E-state index contributed by atoms with van der Waals surface area (Å²) in [6.07, 6.45) is 3.16.